The molecule has 27 heavy (non-hydrogen) atoms. The van der Waals surface area contributed by atoms with E-state index in [1.807, 2.05) is 30.3 Å². The maximum atomic E-state index is 12.6. The summed E-state index contributed by atoms with van der Waals surface area (Å²) in [6, 6.07) is 13.3. The van der Waals surface area contributed by atoms with Gasteiger partial charge in [0.25, 0.3) is 0 Å². The van der Waals surface area contributed by atoms with Crippen LogP contribution in [0.3, 0.4) is 0 Å². The van der Waals surface area contributed by atoms with Crippen molar-refractivity contribution in [3.8, 4) is 11.4 Å². The van der Waals surface area contributed by atoms with Crippen molar-refractivity contribution in [2.24, 2.45) is 0 Å². The lowest BCUT2D eigenvalue weighted by molar-refractivity contribution is -0.159. The fourth-order valence-electron chi connectivity index (χ4n) is 2.97. The molecule has 0 spiro atoms. The average Bonchev–Trinajstić information content (AvgIpc) is 3.20. The zero-order valence-corrected chi connectivity index (χ0v) is 14.1. The molecule has 0 radical (unpaired) electrons. The van der Waals surface area contributed by atoms with Gasteiger partial charge < -0.3 is 14.2 Å². The molecule has 9 heteroatoms. The molecule has 6 nitrogen and oxygen atoms in total. The summed E-state index contributed by atoms with van der Waals surface area (Å²) in [6.45, 7) is 1.77. The van der Waals surface area contributed by atoms with E-state index in [-0.39, 0.29) is 11.9 Å². The lowest BCUT2D eigenvalue weighted by atomic mass is 10.0. The lowest BCUT2D eigenvalue weighted by Gasteiger charge is -2.36. The summed E-state index contributed by atoms with van der Waals surface area (Å²) in [5.41, 5.74) is 1.46. The van der Waals surface area contributed by atoms with Crippen LogP contribution in [0.1, 0.15) is 17.5 Å². The van der Waals surface area contributed by atoms with Crippen LogP contribution in [0.2, 0.25) is 0 Å². The van der Waals surface area contributed by atoms with Crippen molar-refractivity contribution in [3.63, 3.8) is 0 Å². The number of anilines is 1. The fraction of sp³-hybridized carbons (Fsp3) is 0.278. The molecule has 4 rings (SSSR count). The molecule has 1 saturated heterocycles. The van der Waals surface area contributed by atoms with Crippen LogP contribution in [0.15, 0.2) is 53.2 Å². The molecule has 3 heterocycles. The standard InChI is InChI=1S/C18H15F3N4O2/c19-18(20,21)17-23-16(24-27-17)13-6-7-15(22-10-13)25-8-9-26-11-14(25)12-4-2-1-3-5-12/h1-7,10,14H,8-9,11H2/t14-/m0/s1. The molecule has 3 aromatic rings. The summed E-state index contributed by atoms with van der Waals surface area (Å²) >= 11 is 0. The van der Waals surface area contributed by atoms with Crippen LogP contribution < -0.4 is 4.90 Å². The van der Waals surface area contributed by atoms with E-state index in [1.54, 1.807) is 12.1 Å². The lowest BCUT2D eigenvalue weighted by Crippen LogP contribution is -2.40. The second-order valence-corrected chi connectivity index (χ2v) is 6.02. The number of pyridine rings is 1. The molecular weight excluding hydrogens is 361 g/mol. The van der Waals surface area contributed by atoms with Gasteiger partial charge in [-0.15, -0.1) is 0 Å². The molecule has 1 aliphatic rings. The van der Waals surface area contributed by atoms with Gasteiger partial charge in [0.15, 0.2) is 0 Å². The van der Waals surface area contributed by atoms with Gasteiger partial charge in [-0.25, -0.2) is 4.98 Å². The van der Waals surface area contributed by atoms with Gasteiger partial charge in [-0.05, 0) is 17.7 Å². The highest BCUT2D eigenvalue weighted by molar-refractivity contribution is 5.56. The smallest absolute Gasteiger partial charge is 0.377 e. The minimum atomic E-state index is -4.67. The minimum Gasteiger partial charge on any atom is -0.377 e. The quantitative estimate of drug-likeness (QED) is 0.694. The number of aromatic nitrogens is 3. The van der Waals surface area contributed by atoms with E-state index in [2.05, 4.69) is 24.5 Å². The average molecular weight is 376 g/mol. The molecule has 1 fully saturated rings. The van der Waals surface area contributed by atoms with Crippen molar-refractivity contribution in [3.05, 3.63) is 60.1 Å². The van der Waals surface area contributed by atoms with Gasteiger partial charge in [0, 0.05) is 18.3 Å². The minimum absolute atomic E-state index is 0.0142. The number of alkyl halides is 3. The first kappa shape index (κ1) is 17.5. The Kier molecular flexibility index (Phi) is 4.53. The molecule has 1 aromatic carbocycles. The van der Waals surface area contributed by atoms with E-state index < -0.39 is 12.1 Å². The van der Waals surface area contributed by atoms with Crippen molar-refractivity contribution >= 4 is 5.82 Å². The van der Waals surface area contributed by atoms with E-state index in [0.717, 1.165) is 5.56 Å². The second kappa shape index (κ2) is 6.99. The fourth-order valence-corrected chi connectivity index (χ4v) is 2.97. The van der Waals surface area contributed by atoms with Crippen LogP contribution in [0.5, 0.6) is 0 Å². The van der Waals surface area contributed by atoms with Gasteiger partial charge in [0.1, 0.15) is 5.82 Å². The number of morpholine rings is 1. The highest BCUT2D eigenvalue weighted by Gasteiger charge is 2.38. The third-order valence-electron chi connectivity index (χ3n) is 4.28. The monoisotopic (exact) mass is 376 g/mol. The molecule has 2 aromatic heterocycles. The maximum Gasteiger partial charge on any atom is 0.471 e. The number of benzene rings is 1. The van der Waals surface area contributed by atoms with Gasteiger partial charge in [-0.1, -0.05) is 35.5 Å². The van der Waals surface area contributed by atoms with E-state index in [9.17, 15) is 13.2 Å². The molecule has 0 unspecified atom stereocenters. The first-order valence-electron chi connectivity index (χ1n) is 8.29. The van der Waals surface area contributed by atoms with Crippen LogP contribution in [0, 0.1) is 0 Å². The van der Waals surface area contributed by atoms with Gasteiger partial charge in [0.05, 0.1) is 19.3 Å². The van der Waals surface area contributed by atoms with E-state index >= 15 is 0 Å². The van der Waals surface area contributed by atoms with Gasteiger partial charge >= 0.3 is 12.1 Å². The third kappa shape index (κ3) is 3.63. The van der Waals surface area contributed by atoms with E-state index in [4.69, 9.17) is 4.74 Å². The SMILES string of the molecule is FC(F)(F)c1nc(-c2ccc(N3CCOC[C@H]3c3ccccc3)nc2)no1. The van der Waals surface area contributed by atoms with Crippen LogP contribution in [-0.4, -0.2) is 34.9 Å². The Bertz CT molecular complexity index is 897. The molecule has 1 aliphatic heterocycles. The topological polar surface area (TPSA) is 64.3 Å². The van der Waals surface area contributed by atoms with Crippen LogP contribution >= 0.6 is 0 Å². The molecular formula is C18H15F3N4O2. The molecule has 0 aliphatic carbocycles. The van der Waals surface area contributed by atoms with Crippen molar-refractivity contribution < 1.29 is 22.4 Å². The first-order chi connectivity index (χ1) is 13.0. The summed E-state index contributed by atoms with van der Waals surface area (Å²) < 4.78 is 47.7. The summed E-state index contributed by atoms with van der Waals surface area (Å²) in [7, 11) is 0. The van der Waals surface area contributed by atoms with Gasteiger partial charge in [-0.2, -0.15) is 18.2 Å². The summed E-state index contributed by atoms with van der Waals surface area (Å²) in [4.78, 5) is 9.88. The molecule has 1 atom stereocenters. The number of ether oxygens (including phenoxy) is 1. The Morgan fingerprint density at radius 2 is 1.89 bits per heavy atom. The molecule has 0 amide bonds. The number of hydrogen-bond donors (Lipinski definition) is 0. The number of nitrogens with zero attached hydrogens (tertiary/aromatic N) is 4. The van der Waals surface area contributed by atoms with Crippen LogP contribution in [0.4, 0.5) is 19.0 Å². The van der Waals surface area contributed by atoms with Gasteiger partial charge in [0.2, 0.25) is 5.82 Å². The van der Waals surface area contributed by atoms with Crippen molar-refractivity contribution in [2.45, 2.75) is 12.2 Å². The highest BCUT2D eigenvalue weighted by Crippen LogP contribution is 2.31. The Hall–Kier alpha value is -2.94. The second-order valence-electron chi connectivity index (χ2n) is 6.02. The third-order valence-corrected chi connectivity index (χ3v) is 4.28. The van der Waals surface area contributed by atoms with E-state index in [0.29, 0.717) is 31.1 Å². The maximum absolute atomic E-state index is 12.6. The van der Waals surface area contributed by atoms with Crippen LogP contribution in [-0.2, 0) is 10.9 Å². The van der Waals surface area contributed by atoms with Gasteiger partial charge in [-0.3, -0.25) is 0 Å². The Morgan fingerprint density at radius 3 is 2.56 bits per heavy atom. The highest BCUT2D eigenvalue weighted by atomic mass is 19.4. The Balaban J connectivity index is 1.58. The first-order valence-corrected chi connectivity index (χ1v) is 8.29. The summed E-state index contributed by atoms with van der Waals surface area (Å²) in [6.07, 6.45) is -3.23. The van der Waals surface area contributed by atoms with Crippen LogP contribution in [0.25, 0.3) is 11.4 Å². The molecule has 0 bridgehead atoms. The normalized spacial score (nSPS) is 17.9. The van der Waals surface area contributed by atoms with Crippen molar-refractivity contribution in [1.29, 1.82) is 0 Å². The predicted octanol–water partition coefficient (Wildman–Crippen LogP) is 3.73. The van der Waals surface area contributed by atoms with Crippen molar-refractivity contribution in [1.82, 2.24) is 15.1 Å². The van der Waals surface area contributed by atoms with E-state index in [1.165, 1.54) is 6.20 Å². The number of rotatable bonds is 3. The summed E-state index contributed by atoms with van der Waals surface area (Å²) in [5.74, 6) is -0.822. The number of hydrogen-bond acceptors (Lipinski definition) is 6. The molecule has 0 saturated carbocycles. The Morgan fingerprint density at radius 1 is 1.07 bits per heavy atom. The predicted molar refractivity (Wildman–Crippen MR) is 89.9 cm³/mol. The zero-order chi connectivity index (χ0) is 18.9. The largest absolute Gasteiger partial charge is 0.471 e. The molecule has 140 valence electrons. The van der Waals surface area contributed by atoms with Crippen molar-refractivity contribution in [2.75, 3.05) is 24.7 Å². The number of halogens is 3. The molecule has 0 N–H and O–H groups in total. The summed E-state index contributed by atoms with van der Waals surface area (Å²) in [5, 5.41) is 3.38. The Labute approximate surface area is 152 Å². The zero-order valence-electron chi connectivity index (χ0n) is 14.1.